The van der Waals surface area contributed by atoms with Gasteiger partial charge < -0.3 is 4.57 Å². The summed E-state index contributed by atoms with van der Waals surface area (Å²) in [6.07, 6.45) is 1.35. The van der Waals surface area contributed by atoms with Crippen LogP contribution in [-0.4, -0.2) is 16.2 Å². The lowest BCUT2D eigenvalue weighted by Gasteiger charge is -2.06. The zero-order chi connectivity index (χ0) is 12.3. The van der Waals surface area contributed by atoms with Crippen LogP contribution < -0.4 is 0 Å². The molecule has 0 aliphatic heterocycles. The molecule has 0 saturated carbocycles. The highest BCUT2D eigenvalue weighted by Gasteiger charge is 2.09. The molecule has 6 heteroatoms. The molecular formula is C12H14Cl3FN2. The van der Waals surface area contributed by atoms with E-state index in [2.05, 4.69) is 4.98 Å². The third-order valence-electron chi connectivity index (χ3n) is 2.67. The Morgan fingerprint density at radius 2 is 2.06 bits per heavy atom. The summed E-state index contributed by atoms with van der Waals surface area (Å²) < 4.78 is 14.1. The van der Waals surface area contributed by atoms with Gasteiger partial charge in [-0.2, -0.15) is 0 Å². The highest BCUT2D eigenvalue weighted by Crippen LogP contribution is 2.22. The van der Waals surface area contributed by atoms with E-state index in [9.17, 15) is 4.39 Å². The van der Waals surface area contributed by atoms with Crippen LogP contribution >= 0.6 is 35.6 Å². The smallest absolute Gasteiger partial charge is 0.124 e. The first-order valence-corrected chi connectivity index (χ1v) is 6.44. The second-order valence-corrected chi connectivity index (χ2v) is 4.55. The molecule has 1 aromatic carbocycles. The normalized spacial score (nSPS) is 10.6. The predicted molar refractivity (Wildman–Crippen MR) is 76.8 cm³/mol. The van der Waals surface area contributed by atoms with Crippen molar-refractivity contribution in [2.75, 3.05) is 6.67 Å². The highest BCUT2D eigenvalue weighted by atomic mass is 35.5. The van der Waals surface area contributed by atoms with Crippen LogP contribution in [0.4, 0.5) is 4.39 Å². The van der Waals surface area contributed by atoms with E-state index in [1.165, 1.54) is 0 Å². The van der Waals surface area contributed by atoms with Crippen LogP contribution in [0, 0.1) is 0 Å². The summed E-state index contributed by atoms with van der Waals surface area (Å²) in [4.78, 5) is 4.42. The maximum atomic E-state index is 12.1. The van der Waals surface area contributed by atoms with Crippen molar-refractivity contribution in [2.45, 2.75) is 25.3 Å². The molecule has 0 N–H and O–H groups in total. The number of nitrogens with zero attached hydrogens (tertiary/aromatic N) is 2. The van der Waals surface area contributed by atoms with E-state index in [-0.39, 0.29) is 19.1 Å². The molecule has 0 atom stereocenters. The summed E-state index contributed by atoms with van der Waals surface area (Å²) in [5, 5.41) is 0.659. The Morgan fingerprint density at radius 3 is 2.72 bits per heavy atom. The highest BCUT2D eigenvalue weighted by molar-refractivity contribution is 6.31. The lowest BCUT2D eigenvalue weighted by atomic mass is 10.3. The first-order valence-electron chi connectivity index (χ1n) is 5.53. The number of rotatable bonds is 5. The van der Waals surface area contributed by atoms with Crippen LogP contribution in [-0.2, 0) is 12.4 Å². The molecule has 0 aliphatic carbocycles. The van der Waals surface area contributed by atoms with E-state index in [4.69, 9.17) is 23.2 Å². The number of imidazole rings is 1. The minimum atomic E-state index is -0.283. The van der Waals surface area contributed by atoms with E-state index in [1.807, 2.05) is 22.8 Å². The molecule has 1 heterocycles. The molecule has 2 nitrogen and oxygen atoms in total. The van der Waals surface area contributed by atoms with Crippen molar-refractivity contribution in [3.8, 4) is 0 Å². The minimum absolute atomic E-state index is 0. The summed E-state index contributed by atoms with van der Waals surface area (Å²) in [7, 11) is 0. The van der Waals surface area contributed by atoms with Crippen LogP contribution in [0.3, 0.4) is 0 Å². The number of halogens is 4. The van der Waals surface area contributed by atoms with Crippen molar-refractivity contribution >= 4 is 46.6 Å². The van der Waals surface area contributed by atoms with Gasteiger partial charge in [-0.3, -0.25) is 4.39 Å². The van der Waals surface area contributed by atoms with Gasteiger partial charge in [-0.25, -0.2) is 4.98 Å². The molecule has 100 valence electrons. The first-order chi connectivity index (χ1) is 8.26. The largest absolute Gasteiger partial charge is 0.327 e. The third kappa shape index (κ3) is 3.28. The standard InChI is InChI=1S/C12H13Cl2FN2.ClH/c13-8-12-16-10-7-9(14)3-4-11(10)17(12)6-2-1-5-15;/h3-4,7H,1-2,5-6,8H2;1H. The van der Waals surface area contributed by atoms with Crippen molar-refractivity contribution in [3.63, 3.8) is 0 Å². The maximum Gasteiger partial charge on any atom is 0.124 e. The van der Waals surface area contributed by atoms with Gasteiger partial charge in [0.15, 0.2) is 0 Å². The van der Waals surface area contributed by atoms with Gasteiger partial charge in [-0.15, -0.1) is 24.0 Å². The summed E-state index contributed by atoms with van der Waals surface area (Å²) in [5.41, 5.74) is 1.84. The van der Waals surface area contributed by atoms with Crippen LogP contribution in [0.15, 0.2) is 18.2 Å². The molecule has 0 amide bonds. The fraction of sp³-hybridized carbons (Fsp3) is 0.417. The minimum Gasteiger partial charge on any atom is -0.327 e. The topological polar surface area (TPSA) is 17.8 Å². The molecule has 0 unspecified atom stereocenters. The summed E-state index contributed by atoms with van der Waals surface area (Å²) in [5.74, 6) is 1.16. The quantitative estimate of drug-likeness (QED) is 0.583. The average molecular weight is 312 g/mol. The van der Waals surface area contributed by atoms with E-state index in [0.29, 0.717) is 17.3 Å². The third-order valence-corrected chi connectivity index (χ3v) is 3.15. The monoisotopic (exact) mass is 310 g/mol. The maximum absolute atomic E-state index is 12.1. The number of fused-ring (bicyclic) bond motifs is 1. The molecule has 1 aromatic heterocycles. The molecular weight excluding hydrogens is 298 g/mol. The Kier molecular flexibility index (Phi) is 6.19. The van der Waals surface area contributed by atoms with Crippen molar-refractivity contribution in [3.05, 3.63) is 29.0 Å². The molecule has 0 aliphatic rings. The number of hydrogen-bond donors (Lipinski definition) is 0. The number of aromatic nitrogens is 2. The second-order valence-electron chi connectivity index (χ2n) is 3.84. The Balaban J connectivity index is 0.00000162. The Labute approximate surface area is 122 Å². The Morgan fingerprint density at radius 1 is 1.28 bits per heavy atom. The van der Waals surface area contributed by atoms with Crippen molar-refractivity contribution in [2.24, 2.45) is 0 Å². The van der Waals surface area contributed by atoms with Crippen molar-refractivity contribution in [1.29, 1.82) is 0 Å². The number of unbranched alkanes of at least 4 members (excludes halogenated alkanes) is 1. The lowest BCUT2D eigenvalue weighted by molar-refractivity contribution is 0.447. The lowest BCUT2D eigenvalue weighted by Crippen LogP contribution is -2.02. The van der Waals surface area contributed by atoms with Crippen molar-refractivity contribution in [1.82, 2.24) is 9.55 Å². The molecule has 18 heavy (non-hydrogen) atoms. The van der Waals surface area contributed by atoms with Crippen LogP contribution in [0.5, 0.6) is 0 Å². The van der Waals surface area contributed by atoms with Gasteiger partial charge in [0.05, 0.1) is 23.6 Å². The number of hydrogen-bond acceptors (Lipinski definition) is 1. The van der Waals surface area contributed by atoms with Gasteiger partial charge in [-0.05, 0) is 31.0 Å². The SMILES string of the molecule is Cl.FCCCCn1c(CCl)nc2cc(Cl)ccc21. The van der Waals surface area contributed by atoms with Gasteiger partial charge in [-0.1, -0.05) is 11.6 Å². The van der Waals surface area contributed by atoms with Gasteiger partial charge in [0, 0.05) is 11.6 Å². The average Bonchev–Trinajstić information content (AvgIpc) is 2.67. The van der Waals surface area contributed by atoms with Crippen LogP contribution in [0.1, 0.15) is 18.7 Å². The number of benzene rings is 1. The molecule has 2 aromatic rings. The first kappa shape index (κ1) is 15.5. The zero-order valence-corrected chi connectivity index (χ0v) is 12.0. The van der Waals surface area contributed by atoms with Crippen LogP contribution in [0.25, 0.3) is 11.0 Å². The molecule has 0 fully saturated rings. The summed E-state index contributed by atoms with van der Waals surface area (Å²) in [6, 6.07) is 5.57. The Bertz CT molecular complexity index is 513. The number of alkyl halides is 2. The zero-order valence-electron chi connectivity index (χ0n) is 9.70. The fourth-order valence-electron chi connectivity index (χ4n) is 1.87. The number of aryl methyl sites for hydroxylation is 1. The van der Waals surface area contributed by atoms with Crippen molar-refractivity contribution < 1.29 is 4.39 Å². The predicted octanol–water partition coefficient (Wildman–Crippen LogP) is 4.60. The molecule has 0 bridgehead atoms. The molecule has 0 spiro atoms. The Hall–Kier alpha value is -0.510. The van der Waals surface area contributed by atoms with E-state index >= 15 is 0 Å². The molecule has 0 radical (unpaired) electrons. The van der Waals surface area contributed by atoms with Gasteiger partial charge in [0.2, 0.25) is 0 Å². The molecule has 2 rings (SSSR count). The van der Waals surface area contributed by atoms with Crippen LogP contribution in [0.2, 0.25) is 5.02 Å². The van der Waals surface area contributed by atoms with E-state index in [0.717, 1.165) is 29.8 Å². The second kappa shape index (κ2) is 7.17. The van der Waals surface area contributed by atoms with Gasteiger partial charge in [0.25, 0.3) is 0 Å². The molecule has 0 saturated heterocycles. The summed E-state index contributed by atoms with van der Waals surface area (Å²) in [6.45, 7) is 0.457. The van der Waals surface area contributed by atoms with Gasteiger partial charge >= 0.3 is 0 Å². The fourth-order valence-corrected chi connectivity index (χ4v) is 2.24. The summed E-state index contributed by atoms with van der Waals surface area (Å²) >= 11 is 11.8. The van der Waals surface area contributed by atoms with E-state index < -0.39 is 0 Å². The van der Waals surface area contributed by atoms with Gasteiger partial charge in [0.1, 0.15) is 5.82 Å². The van der Waals surface area contributed by atoms with E-state index in [1.54, 1.807) is 0 Å².